The molecule has 1 atom stereocenters. The molecule has 1 unspecified atom stereocenters. The van der Waals surface area contributed by atoms with Crippen molar-refractivity contribution in [2.75, 3.05) is 0 Å². The van der Waals surface area contributed by atoms with Crippen LogP contribution in [0.15, 0.2) is 18.3 Å². The van der Waals surface area contributed by atoms with E-state index in [0.717, 1.165) is 18.4 Å². The molecular formula is C16H26ClNO. The van der Waals surface area contributed by atoms with Gasteiger partial charge in [0.05, 0.1) is 6.10 Å². The Morgan fingerprint density at radius 3 is 2.37 bits per heavy atom. The van der Waals surface area contributed by atoms with Gasteiger partial charge in [0.1, 0.15) is 5.15 Å². The summed E-state index contributed by atoms with van der Waals surface area (Å²) in [6.07, 6.45) is 12.4. The van der Waals surface area contributed by atoms with Crippen LogP contribution in [0.2, 0.25) is 5.15 Å². The number of hydrogen-bond acceptors (Lipinski definition) is 2. The number of unbranched alkanes of at least 4 members (excludes halogenated alkanes) is 7. The lowest BCUT2D eigenvalue weighted by atomic mass is 10.0. The Bertz CT molecular complexity index is 343. The standard InChI is InChI=1S/C16H26ClNO/c1-2-3-4-5-6-7-8-9-10-15(19)14-11-12-18-16(17)13-14/h11-13,15,19H,2-10H2,1H3. The van der Waals surface area contributed by atoms with Gasteiger partial charge in [-0.15, -0.1) is 0 Å². The fraction of sp³-hybridized carbons (Fsp3) is 0.688. The largest absolute Gasteiger partial charge is 0.388 e. The average Bonchev–Trinajstić information content (AvgIpc) is 2.41. The molecule has 0 fully saturated rings. The van der Waals surface area contributed by atoms with Gasteiger partial charge in [-0.1, -0.05) is 69.9 Å². The van der Waals surface area contributed by atoms with Crippen molar-refractivity contribution in [2.24, 2.45) is 0 Å². The van der Waals surface area contributed by atoms with Gasteiger partial charge in [-0.2, -0.15) is 0 Å². The van der Waals surface area contributed by atoms with Crippen LogP contribution in [-0.2, 0) is 0 Å². The zero-order valence-corrected chi connectivity index (χ0v) is 12.7. The smallest absolute Gasteiger partial charge is 0.129 e. The first-order valence-corrected chi connectivity index (χ1v) is 7.91. The Hall–Kier alpha value is -0.600. The third-order valence-corrected chi connectivity index (χ3v) is 3.67. The first-order valence-electron chi connectivity index (χ1n) is 7.53. The lowest BCUT2D eigenvalue weighted by molar-refractivity contribution is 0.163. The Morgan fingerprint density at radius 2 is 1.74 bits per heavy atom. The lowest BCUT2D eigenvalue weighted by Gasteiger charge is -2.10. The maximum Gasteiger partial charge on any atom is 0.129 e. The average molecular weight is 284 g/mol. The van der Waals surface area contributed by atoms with Gasteiger partial charge < -0.3 is 5.11 Å². The minimum Gasteiger partial charge on any atom is -0.388 e. The zero-order valence-electron chi connectivity index (χ0n) is 11.9. The molecule has 0 aliphatic heterocycles. The van der Waals surface area contributed by atoms with Gasteiger partial charge in [-0.25, -0.2) is 4.98 Å². The van der Waals surface area contributed by atoms with Crippen LogP contribution in [0.3, 0.4) is 0 Å². The van der Waals surface area contributed by atoms with Crippen molar-refractivity contribution in [2.45, 2.75) is 70.8 Å². The van der Waals surface area contributed by atoms with Crippen LogP contribution in [0.25, 0.3) is 0 Å². The van der Waals surface area contributed by atoms with Gasteiger partial charge in [-0.05, 0) is 24.1 Å². The van der Waals surface area contributed by atoms with Crippen LogP contribution in [0.5, 0.6) is 0 Å². The normalized spacial score (nSPS) is 12.6. The van der Waals surface area contributed by atoms with Gasteiger partial charge in [0.25, 0.3) is 0 Å². The fourth-order valence-electron chi connectivity index (χ4n) is 2.26. The highest BCUT2D eigenvalue weighted by Gasteiger charge is 2.07. The SMILES string of the molecule is CCCCCCCCCCC(O)c1ccnc(Cl)c1. The van der Waals surface area contributed by atoms with Crippen molar-refractivity contribution in [1.82, 2.24) is 4.98 Å². The number of aromatic nitrogens is 1. The molecular weight excluding hydrogens is 258 g/mol. The first kappa shape index (κ1) is 16.5. The molecule has 1 heterocycles. The van der Waals surface area contributed by atoms with E-state index in [9.17, 15) is 5.11 Å². The van der Waals surface area contributed by atoms with Gasteiger partial charge >= 0.3 is 0 Å². The summed E-state index contributed by atoms with van der Waals surface area (Å²) in [6.45, 7) is 2.24. The molecule has 3 heteroatoms. The molecule has 0 bridgehead atoms. The summed E-state index contributed by atoms with van der Waals surface area (Å²) in [5, 5.41) is 10.5. The molecule has 0 spiro atoms. The molecule has 0 aromatic carbocycles. The van der Waals surface area contributed by atoms with E-state index in [2.05, 4.69) is 11.9 Å². The molecule has 0 saturated heterocycles. The monoisotopic (exact) mass is 283 g/mol. The van der Waals surface area contributed by atoms with Crippen molar-refractivity contribution >= 4 is 11.6 Å². The second-order valence-corrected chi connectivity index (χ2v) is 5.58. The lowest BCUT2D eigenvalue weighted by Crippen LogP contribution is -1.97. The van der Waals surface area contributed by atoms with Crippen molar-refractivity contribution in [3.8, 4) is 0 Å². The summed E-state index contributed by atoms with van der Waals surface area (Å²) in [7, 11) is 0. The van der Waals surface area contributed by atoms with Crippen molar-refractivity contribution in [1.29, 1.82) is 0 Å². The molecule has 0 amide bonds. The second kappa shape index (κ2) is 10.2. The van der Waals surface area contributed by atoms with Gasteiger partial charge in [0.2, 0.25) is 0 Å². The number of hydrogen-bond donors (Lipinski definition) is 1. The highest BCUT2D eigenvalue weighted by molar-refractivity contribution is 6.29. The van der Waals surface area contributed by atoms with E-state index in [1.165, 1.54) is 44.9 Å². The Morgan fingerprint density at radius 1 is 1.11 bits per heavy atom. The summed E-state index contributed by atoms with van der Waals surface area (Å²) < 4.78 is 0. The first-order chi connectivity index (χ1) is 9.24. The van der Waals surface area contributed by atoms with Crippen LogP contribution in [0, 0.1) is 0 Å². The molecule has 1 rings (SSSR count). The maximum atomic E-state index is 10.0. The second-order valence-electron chi connectivity index (χ2n) is 5.19. The van der Waals surface area contributed by atoms with Crippen LogP contribution in [0.4, 0.5) is 0 Å². The van der Waals surface area contributed by atoms with E-state index in [4.69, 9.17) is 11.6 Å². The molecule has 0 radical (unpaired) electrons. The third kappa shape index (κ3) is 7.54. The van der Waals surface area contributed by atoms with Crippen LogP contribution in [0.1, 0.15) is 76.4 Å². The molecule has 108 valence electrons. The summed E-state index contributed by atoms with van der Waals surface area (Å²) in [5.41, 5.74) is 0.878. The number of rotatable bonds is 10. The number of aliphatic hydroxyl groups is 1. The third-order valence-electron chi connectivity index (χ3n) is 3.47. The van der Waals surface area contributed by atoms with E-state index in [1.807, 2.05) is 6.07 Å². The van der Waals surface area contributed by atoms with Gasteiger partial charge in [0, 0.05) is 6.20 Å². The van der Waals surface area contributed by atoms with E-state index in [-0.39, 0.29) is 0 Å². The van der Waals surface area contributed by atoms with Crippen LogP contribution in [-0.4, -0.2) is 10.1 Å². The minimum atomic E-state index is -0.402. The van der Waals surface area contributed by atoms with Gasteiger partial charge in [0.15, 0.2) is 0 Å². The van der Waals surface area contributed by atoms with Crippen LogP contribution >= 0.6 is 11.6 Å². The van der Waals surface area contributed by atoms with Crippen molar-refractivity contribution < 1.29 is 5.11 Å². The Kier molecular flexibility index (Phi) is 8.85. The molecule has 0 saturated carbocycles. The quantitative estimate of drug-likeness (QED) is 0.467. The minimum absolute atomic E-state index is 0.402. The topological polar surface area (TPSA) is 33.1 Å². The predicted molar refractivity (Wildman–Crippen MR) is 81.4 cm³/mol. The Labute approximate surface area is 122 Å². The summed E-state index contributed by atoms with van der Waals surface area (Å²) in [5.74, 6) is 0. The Balaban J connectivity index is 2.06. The fourth-order valence-corrected chi connectivity index (χ4v) is 2.45. The molecule has 1 N–H and O–H groups in total. The number of nitrogens with zero attached hydrogens (tertiary/aromatic N) is 1. The molecule has 1 aromatic rings. The number of halogens is 1. The maximum absolute atomic E-state index is 10.0. The van der Waals surface area contributed by atoms with E-state index < -0.39 is 6.10 Å². The molecule has 2 nitrogen and oxygen atoms in total. The highest BCUT2D eigenvalue weighted by Crippen LogP contribution is 2.21. The predicted octanol–water partition coefficient (Wildman–Crippen LogP) is 5.30. The van der Waals surface area contributed by atoms with E-state index >= 15 is 0 Å². The molecule has 0 aliphatic carbocycles. The molecule has 19 heavy (non-hydrogen) atoms. The highest BCUT2D eigenvalue weighted by atomic mass is 35.5. The number of aliphatic hydroxyl groups excluding tert-OH is 1. The molecule has 1 aromatic heterocycles. The summed E-state index contributed by atoms with van der Waals surface area (Å²) in [4.78, 5) is 3.92. The van der Waals surface area contributed by atoms with E-state index in [0.29, 0.717) is 5.15 Å². The van der Waals surface area contributed by atoms with Gasteiger partial charge in [-0.3, -0.25) is 0 Å². The zero-order chi connectivity index (χ0) is 13.9. The van der Waals surface area contributed by atoms with E-state index in [1.54, 1.807) is 12.3 Å². The van der Waals surface area contributed by atoms with Crippen molar-refractivity contribution in [3.63, 3.8) is 0 Å². The summed E-state index contributed by atoms with van der Waals surface area (Å²) in [6, 6.07) is 3.58. The van der Waals surface area contributed by atoms with Crippen LogP contribution < -0.4 is 0 Å². The number of pyridine rings is 1. The van der Waals surface area contributed by atoms with Crippen molar-refractivity contribution in [3.05, 3.63) is 29.0 Å². The molecule has 0 aliphatic rings. The summed E-state index contributed by atoms with van der Waals surface area (Å²) >= 11 is 5.81.